The Labute approximate surface area is 196 Å². The molecule has 33 heavy (non-hydrogen) atoms. The third kappa shape index (κ3) is 4.93. The van der Waals surface area contributed by atoms with Gasteiger partial charge in [-0.15, -0.1) is 11.3 Å². The van der Waals surface area contributed by atoms with Gasteiger partial charge < -0.3 is 15.3 Å². The van der Waals surface area contributed by atoms with Gasteiger partial charge in [-0.25, -0.2) is 8.42 Å². The molecule has 1 aromatic carbocycles. The average Bonchev–Trinajstić information content (AvgIpc) is 3.28. The van der Waals surface area contributed by atoms with E-state index >= 15 is 0 Å². The van der Waals surface area contributed by atoms with Gasteiger partial charge in [0.1, 0.15) is 4.21 Å². The Morgan fingerprint density at radius 3 is 2.39 bits per heavy atom. The fourth-order valence-electron chi connectivity index (χ4n) is 4.15. The van der Waals surface area contributed by atoms with Crippen LogP contribution >= 0.6 is 11.3 Å². The SMILES string of the molecule is C[C@@](O)(c1ccc(N2CCN(S(=O)(=O)c3cccs3)C[C@@H]2CNC2CCC2)cc1)C(F)(F)F. The number of thiophene rings is 1. The Hall–Kier alpha value is -1.66. The van der Waals surface area contributed by atoms with Crippen molar-refractivity contribution < 1.29 is 26.7 Å². The number of halogens is 3. The summed E-state index contributed by atoms with van der Waals surface area (Å²) in [6, 6.07) is 9.25. The van der Waals surface area contributed by atoms with Crippen molar-refractivity contribution in [3.05, 3.63) is 47.3 Å². The van der Waals surface area contributed by atoms with Crippen LogP contribution in [-0.4, -0.2) is 62.3 Å². The minimum atomic E-state index is -4.79. The van der Waals surface area contributed by atoms with Crippen LogP contribution < -0.4 is 10.2 Å². The van der Waals surface area contributed by atoms with Crippen molar-refractivity contribution in [2.45, 2.75) is 54.3 Å². The maximum Gasteiger partial charge on any atom is 0.421 e. The molecule has 1 aromatic heterocycles. The van der Waals surface area contributed by atoms with Crippen molar-refractivity contribution in [3.8, 4) is 0 Å². The Kier molecular flexibility index (Phi) is 6.81. The van der Waals surface area contributed by atoms with E-state index in [1.54, 1.807) is 29.6 Å². The number of anilines is 1. The number of piperazine rings is 1. The molecule has 182 valence electrons. The highest BCUT2D eigenvalue weighted by Gasteiger charge is 2.51. The summed E-state index contributed by atoms with van der Waals surface area (Å²) in [6.07, 6.45) is -1.44. The van der Waals surface area contributed by atoms with Crippen LogP contribution in [0.15, 0.2) is 46.0 Å². The first kappa shape index (κ1) is 24.5. The van der Waals surface area contributed by atoms with Crippen molar-refractivity contribution in [2.24, 2.45) is 0 Å². The number of aliphatic hydroxyl groups is 1. The molecular weight excluding hydrogens is 475 g/mol. The van der Waals surface area contributed by atoms with Gasteiger partial charge in [-0.05, 0) is 48.9 Å². The fraction of sp³-hybridized carbons (Fsp3) is 0.545. The molecule has 1 aliphatic carbocycles. The number of hydrogen-bond acceptors (Lipinski definition) is 6. The van der Waals surface area contributed by atoms with E-state index in [1.165, 1.54) is 34.2 Å². The zero-order valence-electron chi connectivity index (χ0n) is 18.3. The molecule has 0 spiro atoms. The molecular formula is C22H28F3N3O3S2. The maximum atomic E-state index is 13.2. The number of nitrogens with one attached hydrogen (secondary N) is 1. The van der Waals surface area contributed by atoms with Gasteiger partial charge in [-0.1, -0.05) is 24.6 Å². The third-order valence-corrected chi connectivity index (χ3v) is 9.83. The molecule has 1 saturated carbocycles. The van der Waals surface area contributed by atoms with E-state index in [2.05, 4.69) is 5.32 Å². The second-order valence-corrected chi connectivity index (χ2v) is 11.9. The Morgan fingerprint density at radius 2 is 1.85 bits per heavy atom. The van der Waals surface area contributed by atoms with Crippen molar-refractivity contribution in [3.63, 3.8) is 0 Å². The minimum absolute atomic E-state index is 0.178. The van der Waals surface area contributed by atoms with Crippen LogP contribution in [0.25, 0.3) is 0 Å². The number of rotatable bonds is 7. The Balaban J connectivity index is 1.55. The second-order valence-electron chi connectivity index (χ2n) is 8.80. The summed E-state index contributed by atoms with van der Waals surface area (Å²) in [5, 5.41) is 15.2. The first-order chi connectivity index (χ1) is 15.5. The van der Waals surface area contributed by atoms with Gasteiger partial charge in [0, 0.05) is 37.9 Å². The number of nitrogens with zero attached hydrogens (tertiary/aromatic N) is 2. The van der Waals surface area contributed by atoms with Crippen LogP contribution in [0.1, 0.15) is 31.7 Å². The largest absolute Gasteiger partial charge is 0.421 e. The summed E-state index contributed by atoms with van der Waals surface area (Å²) in [5.74, 6) is 0. The van der Waals surface area contributed by atoms with Crippen LogP contribution in [-0.2, 0) is 15.6 Å². The standard InChI is InChI=1S/C22H28F3N3O3S2/c1-21(29,22(23,24)25)16-7-9-18(10-8-16)28-12-11-27(33(30,31)20-6-3-13-32-20)15-19(28)14-26-17-4-2-5-17/h3,6-10,13,17,19,26,29H,2,4-5,11-12,14-15H2,1H3/t19-,21+/m0/s1. The lowest BCUT2D eigenvalue weighted by Crippen LogP contribution is -2.59. The van der Waals surface area contributed by atoms with Crippen molar-refractivity contribution in [2.75, 3.05) is 31.1 Å². The monoisotopic (exact) mass is 503 g/mol. The first-order valence-corrected chi connectivity index (χ1v) is 13.3. The van der Waals surface area contributed by atoms with Gasteiger partial charge >= 0.3 is 6.18 Å². The van der Waals surface area contributed by atoms with E-state index in [0.29, 0.717) is 29.0 Å². The lowest BCUT2D eigenvalue weighted by atomic mass is 9.93. The molecule has 0 amide bonds. The highest BCUT2D eigenvalue weighted by atomic mass is 32.2. The molecule has 0 bridgehead atoms. The Morgan fingerprint density at radius 1 is 1.15 bits per heavy atom. The smallest absolute Gasteiger partial charge is 0.376 e. The van der Waals surface area contributed by atoms with Gasteiger partial charge in [0.2, 0.25) is 0 Å². The van der Waals surface area contributed by atoms with Crippen LogP contribution in [0.3, 0.4) is 0 Å². The molecule has 11 heteroatoms. The highest BCUT2D eigenvalue weighted by Crippen LogP contribution is 2.39. The molecule has 1 aliphatic heterocycles. The summed E-state index contributed by atoms with van der Waals surface area (Å²) in [4.78, 5) is 2.04. The number of sulfonamides is 1. The molecule has 2 aromatic rings. The number of hydrogen-bond donors (Lipinski definition) is 2. The van der Waals surface area contributed by atoms with E-state index in [4.69, 9.17) is 0 Å². The zero-order chi connectivity index (χ0) is 23.9. The minimum Gasteiger partial charge on any atom is -0.376 e. The van der Waals surface area contributed by atoms with Crippen LogP contribution in [0.5, 0.6) is 0 Å². The fourth-order valence-corrected chi connectivity index (χ4v) is 6.77. The van der Waals surface area contributed by atoms with E-state index in [1.807, 2.05) is 4.90 Å². The van der Waals surface area contributed by atoms with Crippen molar-refractivity contribution in [1.29, 1.82) is 0 Å². The maximum absolute atomic E-state index is 13.2. The predicted molar refractivity (Wildman–Crippen MR) is 122 cm³/mol. The van der Waals surface area contributed by atoms with E-state index in [-0.39, 0.29) is 24.7 Å². The molecule has 0 unspecified atom stereocenters. The lowest BCUT2D eigenvalue weighted by Gasteiger charge is -2.43. The lowest BCUT2D eigenvalue weighted by molar-refractivity contribution is -0.258. The molecule has 2 fully saturated rings. The van der Waals surface area contributed by atoms with Crippen LogP contribution in [0.4, 0.5) is 18.9 Å². The molecule has 2 atom stereocenters. The normalized spacial score (nSPS) is 22.7. The summed E-state index contributed by atoms with van der Waals surface area (Å²) < 4.78 is 67.5. The topological polar surface area (TPSA) is 72.9 Å². The summed E-state index contributed by atoms with van der Waals surface area (Å²) in [6.45, 7) is 2.28. The van der Waals surface area contributed by atoms with Crippen molar-refractivity contribution >= 4 is 27.0 Å². The molecule has 2 aliphatic rings. The predicted octanol–water partition coefficient (Wildman–Crippen LogP) is 3.54. The van der Waals surface area contributed by atoms with Gasteiger partial charge in [-0.2, -0.15) is 17.5 Å². The molecule has 0 radical (unpaired) electrons. The van der Waals surface area contributed by atoms with Crippen LogP contribution in [0.2, 0.25) is 0 Å². The number of benzene rings is 1. The summed E-state index contributed by atoms with van der Waals surface area (Å²) >= 11 is 1.18. The summed E-state index contributed by atoms with van der Waals surface area (Å²) in [5.41, 5.74) is -2.48. The first-order valence-electron chi connectivity index (χ1n) is 10.9. The average molecular weight is 504 g/mol. The quantitative estimate of drug-likeness (QED) is 0.605. The van der Waals surface area contributed by atoms with E-state index < -0.39 is 21.8 Å². The van der Waals surface area contributed by atoms with Gasteiger partial charge in [-0.3, -0.25) is 0 Å². The highest BCUT2D eigenvalue weighted by molar-refractivity contribution is 7.91. The Bertz CT molecular complexity index is 1040. The van der Waals surface area contributed by atoms with Gasteiger partial charge in [0.25, 0.3) is 10.0 Å². The van der Waals surface area contributed by atoms with E-state index in [9.17, 15) is 26.7 Å². The third-order valence-electron chi connectivity index (χ3n) is 6.60. The summed E-state index contributed by atoms with van der Waals surface area (Å²) in [7, 11) is -3.59. The van der Waals surface area contributed by atoms with Gasteiger partial charge in [0.05, 0.1) is 6.04 Å². The molecule has 4 rings (SSSR count). The van der Waals surface area contributed by atoms with Crippen LogP contribution in [0, 0.1) is 0 Å². The molecule has 6 nitrogen and oxygen atoms in total. The number of alkyl halides is 3. The molecule has 2 heterocycles. The van der Waals surface area contributed by atoms with E-state index in [0.717, 1.165) is 19.8 Å². The molecule has 2 N–H and O–H groups in total. The van der Waals surface area contributed by atoms with Crippen molar-refractivity contribution in [1.82, 2.24) is 9.62 Å². The molecule has 1 saturated heterocycles. The second kappa shape index (κ2) is 9.18. The zero-order valence-corrected chi connectivity index (χ0v) is 19.9. The van der Waals surface area contributed by atoms with Gasteiger partial charge in [0.15, 0.2) is 5.60 Å².